The third-order valence-electron chi connectivity index (χ3n) is 2.19. The molecular weight excluding hydrogens is 907 g/mol. The summed E-state index contributed by atoms with van der Waals surface area (Å²) in [6.45, 7) is 0. The van der Waals surface area contributed by atoms with Gasteiger partial charge in [0.25, 0.3) is 0 Å². The van der Waals surface area contributed by atoms with Crippen LogP contribution in [0.15, 0.2) is 286 Å². The fourth-order valence-electron chi connectivity index (χ4n) is 0.960. The van der Waals surface area contributed by atoms with Gasteiger partial charge in [0.2, 0.25) is 0 Å². The van der Waals surface area contributed by atoms with Crippen LogP contribution in [0.2, 0.25) is 0 Å². The van der Waals surface area contributed by atoms with Crippen molar-refractivity contribution >= 4 is 0 Å². The van der Waals surface area contributed by atoms with Gasteiger partial charge in [0, 0.05) is 183 Å². The van der Waals surface area contributed by atoms with E-state index in [1.807, 2.05) is 0 Å². The molecule has 0 unspecified atom stereocenters. The van der Waals surface area contributed by atoms with Crippen molar-refractivity contribution in [2.75, 3.05) is 0 Å². The number of hydrogen-bond donors (Lipinski definition) is 1. The van der Waals surface area contributed by atoms with Crippen LogP contribution in [-0.4, -0.2) is 0 Å². The summed E-state index contributed by atoms with van der Waals surface area (Å²) in [5.41, 5.74) is 0. The Morgan fingerprint density at radius 3 is 0.379 bits per heavy atom. The van der Waals surface area contributed by atoms with Gasteiger partial charge >= 0.3 is 82.4 Å². The van der Waals surface area contributed by atoms with Gasteiger partial charge in [-0.3, -0.25) is 0 Å². The molecule has 0 rings (SSSR count). The summed E-state index contributed by atoms with van der Waals surface area (Å²) in [5.74, 6) is 4.63. The van der Waals surface area contributed by atoms with Crippen LogP contribution in [0.5, 0.6) is 0 Å². The second-order valence-electron chi connectivity index (χ2n) is 4.98. The number of nitrogens with zero attached hydrogens (tertiary/aromatic N) is 55. The van der Waals surface area contributed by atoms with Crippen LogP contribution >= 0.6 is 0 Å². The minimum atomic E-state index is -1.19. The van der Waals surface area contributed by atoms with E-state index in [-0.39, 0.29) is 0 Å². The zero-order valence-electron chi connectivity index (χ0n) is 25.9. The van der Waals surface area contributed by atoms with Gasteiger partial charge in [0.05, 0.1) is 0 Å². The van der Waals surface area contributed by atoms with Crippen molar-refractivity contribution in [3.8, 4) is 0 Å². The molecule has 0 atom stereocenters. The van der Waals surface area contributed by atoms with Crippen LogP contribution in [0, 0.1) is 0 Å². The molecule has 0 saturated heterocycles. The van der Waals surface area contributed by atoms with E-state index in [1.54, 1.807) is 0 Å². The van der Waals surface area contributed by atoms with Crippen molar-refractivity contribution in [1.29, 1.82) is 0 Å². The number of nitrogens with two attached hydrogens (primary N) is 1. The average molecular weight is 909 g/mol. The standard InChI is InChI=1S/H2N56.O.Pd/c1-3-5-7-9-11-13-15-17-19-21-23-25-27-29-31-33-35-37-39-41-43-45-47-49-51-53-55-56-54-52-50-48-46-44-42-40-38-36-34-32-30-28-26-24-22-20-18-16-14-12-10-8-6-4-2;;/h(H2,1,4,5,8,9,12,13,16,17,20,21,24,25,28,29,32,33,36,37,40,41,44,45,48,49,52,53,56);;. The van der Waals surface area contributed by atoms with Gasteiger partial charge in [0.15, 0.2) is 0 Å². The van der Waals surface area contributed by atoms with Gasteiger partial charge in [-0.25, -0.2) is 0 Å². The summed E-state index contributed by atoms with van der Waals surface area (Å²) in [7, 11) is 0. The fourth-order valence-corrected chi connectivity index (χ4v) is 1.08. The van der Waals surface area contributed by atoms with Crippen LogP contribution in [-0.2, 0) is 21.2 Å². The normalized spacial score (nSPS) is 15.4. The van der Waals surface area contributed by atoms with Gasteiger partial charge in [-0.05, 0) is 36.6 Å². The van der Waals surface area contributed by atoms with Crippen molar-refractivity contribution in [1.82, 2.24) is 0 Å². The monoisotopic (exact) mass is 908 g/mol. The molecule has 0 aliphatic carbocycles. The van der Waals surface area contributed by atoms with Gasteiger partial charge in [-0.15, -0.1) is 0 Å². The van der Waals surface area contributed by atoms with Crippen molar-refractivity contribution in [2.45, 2.75) is 0 Å². The molecule has 0 aliphatic heterocycles. The Morgan fingerprint density at radius 2 is 0.276 bits per heavy atom. The Morgan fingerprint density at radius 1 is 0.172 bits per heavy atom. The first-order chi connectivity index (χ1) is 28.9. The van der Waals surface area contributed by atoms with Crippen LogP contribution in [0.4, 0.5) is 0 Å². The first kappa shape index (κ1) is 47.3. The Balaban J connectivity index is 4.07. The Kier molecular flexibility index (Phi) is 37.7. The molecule has 0 aromatic heterocycles. The van der Waals surface area contributed by atoms with Crippen LogP contribution in [0.25, 0.3) is 0 Å². The number of hydrogen-bond acceptors (Lipinski definition) is 3. The van der Waals surface area contributed by atoms with Crippen molar-refractivity contribution in [3.05, 3.63) is 0 Å². The molecule has 0 saturated carbocycles. The van der Waals surface area contributed by atoms with Crippen LogP contribution < -0.4 is 5.84 Å². The molecule has 0 heterocycles. The molecule has 0 aromatic carbocycles. The van der Waals surface area contributed by atoms with Gasteiger partial charge in [0.1, 0.15) is 0 Å². The SMILES string of the molecule is N/N=N/N=N/N=N/N=N/N=N/N=N/N=N/N=N/N=N/N=N/N=N/N=N/N=N/N=N/N=N/N=N/N=N/N=N/N=N/N=N/N=N/N=N/N=N/N=N/N=N/N=N/N=N/[N]=[Pd]=[O]. The average Bonchev–Trinajstić information content (AvgIpc) is 3.23. The second-order valence-corrected chi connectivity index (χ2v) is 5.57. The van der Waals surface area contributed by atoms with E-state index in [1.165, 1.54) is 0 Å². The molecule has 0 radical (unpaired) electrons. The summed E-state index contributed by atoms with van der Waals surface area (Å²) in [6.07, 6.45) is 0. The molecule has 58 heavy (non-hydrogen) atoms. The second kappa shape index (κ2) is 46.3. The van der Waals surface area contributed by atoms with Crippen molar-refractivity contribution in [2.24, 2.45) is 292 Å². The quantitative estimate of drug-likeness (QED) is 0.0364. The van der Waals surface area contributed by atoms with E-state index in [0.29, 0.717) is 0 Å². The zero-order valence-corrected chi connectivity index (χ0v) is 27.5. The predicted molar refractivity (Wildman–Crippen MR) is 138 cm³/mol. The third-order valence-corrected chi connectivity index (χ3v) is 2.45. The zero-order chi connectivity index (χ0) is 41.6. The van der Waals surface area contributed by atoms with Crippen molar-refractivity contribution in [3.63, 3.8) is 0 Å². The van der Waals surface area contributed by atoms with E-state index in [0.717, 1.165) is 0 Å². The van der Waals surface area contributed by atoms with Crippen molar-refractivity contribution < 1.29 is 21.2 Å². The van der Waals surface area contributed by atoms with Crippen LogP contribution in [0.1, 0.15) is 0 Å². The Hall–Kier alpha value is -10.7. The summed E-state index contributed by atoms with van der Waals surface area (Å²) < 4.78 is 12.9. The first-order valence-electron chi connectivity index (χ1n) is 11.3. The topological polar surface area (TPSA) is 723 Å². The maximum atomic E-state index is 9.94. The minimum absolute atomic E-state index is 1.19. The van der Waals surface area contributed by atoms with E-state index in [4.69, 9.17) is 0 Å². The molecule has 298 valence electrons. The molecule has 0 spiro atoms. The van der Waals surface area contributed by atoms with E-state index >= 15 is 0 Å². The Labute approximate surface area is 313 Å². The molecule has 0 bridgehead atoms. The van der Waals surface area contributed by atoms with E-state index in [2.05, 4.69) is 292 Å². The first-order valence-corrected chi connectivity index (χ1v) is 12.7. The fraction of sp³-hybridized carbons (Fsp3) is 0. The molecular formula is H2N56OPd. The summed E-state index contributed by atoms with van der Waals surface area (Å²) in [5, 5.41) is 161. The predicted octanol–water partition coefficient (Wildman–Crippen LogP) is 9.39. The van der Waals surface area contributed by atoms with Gasteiger partial charge < -0.3 is 5.84 Å². The van der Waals surface area contributed by atoms with Gasteiger partial charge in [-0.1, -0.05) is 5.22 Å². The Bertz CT molecular complexity index is 1940. The molecule has 0 amide bonds. The molecule has 2 N–H and O–H groups in total. The van der Waals surface area contributed by atoms with Gasteiger partial charge in [-0.2, -0.15) is 0 Å². The van der Waals surface area contributed by atoms with Crippen LogP contribution in [0.3, 0.4) is 0 Å². The summed E-state index contributed by atoms with van der Waals surface area (Å²) in [4.78, 5) is 0. The molecule has 58 heteroatoms. The number of rotatable bonds is 27. The third kappa shape index (κ3) is 45.3. The molecule has 57 nitrogen and oxygen atoms in total. The summed E-state index contributed by atoms with van der Waals surface area (Å²) >= 11 is -1.19. The molecule has 0 aliphatic rings. The maximum absolute atomic E-state index is 9.94. The van der Waals surface area contributed by atoms with E-state index in [9.17, 15) is 3.47 Å². The summed E-state index contributed by atoms with van der Waals surface area (Å²) in [6, 6.07) is 0. The molecule has 0 aromatic rings. The molecule has 0 fully saturated rings. The van der Waals surface area contributed by atoms with E-state index < -0.39 is 17.8 Å².